The molecule has 4 rings (SSSR count). The predicted molar refractivity (Wildman–Crippen MR) is 85.4 cm³/mol. The molecule has 0 unspecified atom stereocenters. The first-order valence-electron chi connectivity index (χ1n) is 7.10. The third-order valence-corrected chi connectivity index (χ3v) is 4.13. The summed E-state index contributed by atoms with van der Waals surface area (Å²) in [5.41, 5.74) is 1.76. The minimum Gasteiger partial charge on any atom is -0.354 e. The van der Waals surface area contributed by atoms with E-state index in [1.165, 1.54) is 0 Å². The van der Waals surface area contributed by atoms with E-state index in [-0.39, 0.29) is 11.8 Å². The molecule has 0 aliphatic carbocycles. The van der Waals surface area contributed by atoms with E-state index in [0.29, 0.717) is 40.7 Å². The van der Waals surface area contributed by atoms with Crippen molar-refractivity contribution in [2.75, 3.05) is 23.3 Å². The number of amides is 1. The Bertz CT molecular complexity index is 875. The summed E-state index contributed by atoms with van der Waals surface area (Å²) in [6.07, 6.45) is 1.69. The van der Waals surface area contributed by atoms with Crippen LogP contribution in [0.3, 0.4) is 0 Å². The van der Waals surface area contributed by atoms with Gasteiger partial charge in [0.05, 0.1) is 16.6 Å². The number of halogens is 1. The molecule has 1 amide bonds. The standard InChI is InChI=1S/C15H12ClN5O2/c16-10-3-2-6-17-14(10)21-7-9(8-21)15(22)18-11-4-1-5-12-13(11)20-23-19-12/h1-6,9H,7-8H2,(H,18,22). The normalized spacial score (nSPS) is 14.7. The number of aromatic nitrogens is 3. The molecule has 1 N–H and O–H groups in total. The van der Waals surface area contributed by atoms with Gasteiger partial charge in [0, 0.05) is 19.3 Å². The van der Waals surface area contributed by atoms with Crippen LogP contribution < -0.4 is 10.2 Å². The zero-order chi connectivity index (χ0) is 15.8. The van der Waals surface area contributed by atoms with Crippen LogP contribution in [0, 0.1) is 5.92 Å². The van der Waals surface area contributed by atoms with Crippen LogP contribution in [0.2, 0.25) is 5.02 Å². The molecule has 0 atom stereocenters. The Balaban J connectivity index is 1.44. The maximum atomic E-state index is 12.4. The lowest BCUT2D eigenvalue weighted by Gasteiger charge is -2.39. The van der Waals surface area contributed by atoms with Crippen LogP contribution in [-0.4, -0.2) is 34.3 Å². The zero-order valence-corrected chi connectivity index (χ0v) is 12.7. The molecule has 1 saturated heterocycles. The number of hydrogen-bond acceptors (Lipinski definition) is 6. The summed E-state index contributed by atoms with van der Waals surface area (Å²) in [6, 6.07) is 8.91. The fourth-order valence-electron chi connectivity index (χ4n) is 2.57. The van der Waals surface area contributed by atoms with Crippen molar-refractivity contribution in [3.8, 4) is 0 Å². The second-order valence-corrected chi connectivity index (χ2v) is 5.74. The van der Waals surface area contributed by atoms with E-state index >= 15 is 0 Å². The van der Waals surface area contributed by atoms with Gasteiger partial charge in [0.25, 0.3) is 0 Å². The van der Waals surface area contributed by atoms with Crippen LogP contribution in [0.1, 0.15) is 0 Å². The van der Waals surface area contributed by atoms with Crippen LogP contribution in [-0.2, 0) is 4.79 Å². The summed E-state index contributed by atoms with van der Waals surface area (Å²) >= 11 is 6.11. The molecule has 0 radical (unpaired) electrons. The lowest BCUT2D eigenvalue weighted by Crippen LogP contribution is -2.52. The number of pyridine rings is 1. The van der Waals surface area contributed by atoms with Gasteiger partial charge >= 0.3 is 0 Å². The minimum absolute atomic E-state index is 0.0659. The number of nitrogens with one attached hydrogen (secondary N) is 1. The van der Waals surface area contributed by atoms with Gasteiger partial charge in [-0.2, -0.15) is 0 Å². The van der Waals surface area contributed by atoms with E-state index in [2.05, 4.69) is 20.6 Å². The zero-order valence-electron chi connectivity index (χ0n) is 11.9. The molecule has 1 aliphatic rings. The van der Waals surface area contributed by atoms with Gasteiger partial charge in [0.1, 0.15) is 11.3 Å². The summed E-state index contributed by atoms with van der Waals surface area (Å²) in [5, 5.41) is 11.0. The first-order chi connectivity index (χ1) is 11.2. The quantitative estimate of drug-likeness (QED) is 0.794. The third-order valence-electron chi connectivity index (χ3n) is 3.83. The predicted octanol–water partition coefficient (Wildman–Crippen LogP) is 2.35. The molecule has 116 valence electrons. The van der Waals surface area contributed by atoms with E-state index in [0.717, 1.165) is 0 Å². The number of carbonyl (C=O) groups excluding carboxylic acids is 1. The third kappa shape index (κ3) is 2.49. The highest BCUT2D eigenvalue weighted by Gasteiger charge is 2.34. The van der Waals surface area contributed by atoms with Crippen LogP contribution in [0.15, 0.2) is 41.2 Å². The fraction of sp³-hybridized carbons (Fsp3) is 0.200. The summed E-state index contributed by atoms with van der Waals surface area (Å²) < 4.78 is 4.69. The maximum Gasteiger partial charge on any atom is 0.231 e. The number of nitrogens with zero attached hydrogens (tertiary/aromatic N) is 4. The Kier molecular flexibility index (Phi) is 3.34. The molecular formula is C15H12ClN5O2. The number of rotatable bonds is 3. The van der Waals surface area contributed by atoms with Crippen LogP contribution in [0.4, 0.5) is 11.5 Å². The van der Waals surface area contributed by atoms with E-state index in [1.54, 1.807) is 36.5 Å². The van der Waals surface area contributed by atoms with Gasteiger partial charge in [-0.25, -0.2) is 9.61 Å². The maximum absolute atomic E-state index is 12.4. The number of carbonyl (C=O) groups is 1. The van der Waals surface area contributed by atoms with Gasteiger partial charge in [-0.05, 0) is 34.6 Å². The molecule has 8 heteroatoms. The largest absolute Gasteiger partial charge is 0.354 e. The molecular weight excluding hydrogens is 318 g/mol. The Morgan fingerprint density at radius 2 is 2.13 bits per heavy atom. The van der Waals surface area contributed by atoms with Crippen molar-refractivity contribution in [1.82, 2.24) is 15.3 Å². The number of hydrogen-bond donors (Lipinski definition) is 1. The Hall–Kier alpha value is -2.67. The van der Waals surface area contributed by atoms with Crippen molar-refractivity contribution in [2.45, 2.75) is 0 Å². The molecule has 1 aliphatic heterocycles. The summed E-state index contributed by atoms with van der Waals surface area (Å²) in [5.74, 6) is 0.521. The van der Waals surface area contributed by atoms with Crippen molar-refractivity contribution >= 4 is 40.0 Å². The summed E-state index contributed by atoms with van der Waals surface area (Å²) in [4.78, 5) is 18.6. The SMILES string of the molecule is O=C(Nc1cccc2nonc12)C1CN(c2ncccc2Cl)C1. The molecule has 0 saturated carbocycles. The smallest absolute Gasteiger partial charge is 0.231 e. The topological polar surface area (TPSA) is 84.2 Å². The second kappa shape index (κ2) is 5.51. The second-order valence-electron chi connectivity index (χ2n) is 5.34. The summed E-state index contributed by atoms with van der Waals surface area (Å²) in [6.45, 7) is 1.16. The van der Waals surface area contributed by atoms with Crippen molar-refractivity contribution in [1.29, 1.82) is 0 Å². The van der Waals surface area contributed by atoms with E-state index in [9.17, 15) is 4.79 Å². The average molecular weight is 330 g/mol. The van der Waals surface area contributed by atoms with Crippen LogP contribution in [0.25, 0.3) is 11.0 Å². The van der Waals surface area contributed by atoms with Gasteiger partial charge in [-0.15, -0.1) is 0 Å². The van der Waals surface area contributed by atoms with Gasteiger partial charge in [-0.1, -0.05) is 17.7 Å². The molecule has 23 heavy (non-hydrogen) atoms. The van der Waals surface area contributed by atoms with Crippen molar-refractivity contribution in [3.63, 3.8) is 0 Å². The molecule has 3 aromatic rings. The molecule has 7 nitrogen and oxygen atoms in total. The van der Waals surface area contributed by atoms with E-state index in [4.69, 9.17) is 16.2 Å². The van der Waals surface area contributed by atoms with Crippen molar-refractivity contribution in [2.24, 2.45) is 5.92 Å². The average Bonchev–Trinajstić information content (AvgIpc) is 2.97. The monoisotopic (exact) mass is 329 g/mol. The molecule has 1 aromatic carbocycles. The lowest BCUT2D eigenvalue weighted by atomic mass is 9.99. The molecule has 0 spiro atoms. The first kappa shape index (κ1) is 14.0. The Morgan fingerprint density at radius 1 is 1.26 bits per heavy atom. The van der Waals surface area contributed by atoms with Gasteiger partial charge in [0.2, 0.25) is 5.91 Å². The molecule has 0 bridgehead atoms. The van der Waals surface area contributed by atoms with Gasteiger partial charge in [0.15, 0.2) is 5.52 Å². The number of anilines is 2. The Labute approximate surface area is 136 Å². The first-order valence-corrected chi connectivity index (χ1v) is 7.48. The van der Waals surface area contributed by atoms with Crippen molar-refractivity contribution < 1.29 is 9.42 Å². The highest BCUT2D eigenvalue weighted by molar-refractivity contribution is 6.33. The van der Waals surface area contributed by atoms with Crippen LogP contribution >= 0.6 is 11.6 Å². The number of fused-ring (bicyclic) bond motifs is 1. The highest BCUT2D eigenvalue weighted by Crippen LogP contribution is 2.30. The van der Waals surface area contributed by atoms with Crippen molar-refractivity contribution in [3.05, 3.63) is 41.6 Å². The van der Waals surface area contributed by atoms with Crippen LogP contribution in [0.5, 0.6) is 0 Å². The highest BCUT2D eigenvalue weighted by atomic mass is 35.5. The Morgan fingerprint density at radius 3 is 2.96 bits per heavy atom. The van der Waals surface area contributed by atoms with Gasteiger partial charge in [-0.3, -0.25) is 4.79 Å². The van der Waals surface area contributed by atoms with Gasteiger partial charge < -0.3 is 10.2 Å². The minimum atomic E-state index is -0.122. The molecule has 1 fully saturated rings. The lowest BCUT2D eigenvalue weighted by molar-refractivity contribution is -0.120. The fourth-order valence-corrected chi connectivity index (χ4v) is 2.81. The molecule has 2 aromatic heterocycles. The van der Waals surface area contributed by atoms with E-state index in [1.807, 2.05) is 4.90 Å². The van der Waals surface area contributed by atoms with E-state index < -0.39 is 0 Å². The summed E-state index contributed by atoms with van der Waals surface area (Å²) in [7, 11) is 0. The molecule has 3 heterocycles. The number of benzene rings is 1.